The van der Waals surface area contributed by atoms with Gasteiger partial charge in [0.2, 0.25) is 0 Å². The molecule has 3 N–H and O–H groups in total. The van der Waals surface area contributed by atoms with Gasteiger partial charge in [0.15, 0.2) is 0 Å². The monoisotopic (exact) mass is 309 g/mol. The van der Waals surface area contributed by atoms with Gasteiger partial charge in [-0.15, -0.1) is 0 Å². The van der Waals surface area contributed by atoms with Crippen LogP contribution in [-0.2, 0) is 10.0 Å². The lowest BCUT2D eigenvalue weighted by molar-refractivity contribution is 0.569. The van der Waals surface area contributed by atoms with Gasteiger partial charge in [-0.1, -0.05) is 11.8 Å². The predicted molar refractivity (Wildman–Crippen MR) is 74.4 cm³/mol. The molecule has 1 heterocycles. The fourth-order valence-electron chi connectivity index (χ4n) is 1.55. The minimum atomic E-state index is -3.99. The topological polar surface area (TPSA) is 98.2 Å². The van der Waals surface area contributed by atoms with Gasteiger partial charge in [0.1, 0.15) is 17.0 Å². The number of halogens is 1. The highest BCUT2D eigenvalue weighted by molar-refractivity contribution is 7.92. The average Bonchev–Trinajstić information content (AvgIpc) is 2.80. The second-order valence-corrected chi connectivity index (χ2v) is 5.70. The smallest absolute Gasteiger partial charge is 0.309 e. The lowest BCUT2D eigenvalue weighted by Gasteiger charge is -2.06. The van der Waals surface area contributed by atoms with Gasteiger partial charge in [-0.25, -0.2) is 17.5 Å². The summed E-state index contributed by atoms with van der Waals surface area (Å²) < 4.78 is 44.9. The first-order chi connectivity index (χ1) is 9.92. The second kappa shape index (κ2) is 5.95. The van der Waals surface area contributed by atoms with Gasteiger partial charge in [0.25, 0.3) is 10.0 Å². The Morgan fingerprint density at radius 1 is 1.48 bits per heavy atom. The summed E-state index contributed by atoms with van der Waals surface area (Å²) in [6.45, 7) is 1.68. The largest absolute Gasteiger partial charge is 0.431 e. The molecule has 1 aromatic carbocycles. The molecule has 0 aliphatic carbocycles. The Bertz CT molecular complexity index is 819. The minimum Gasteiger partial charge on any atom is -0.431 e. The molecule has 1 aromatic heterocycles. The SMILES string of the molecule is Cc1coc(NS(=O)(=O)c2ccc(F)cc2C#CCN)n1. The molecule has 0 amide bonds. The Morgan fingerprint density at radius 3 is 2.86 bits per heavy atom. The van der Waals surface area contributed by atoms with Gasteiger partial charge in [0.05, 0.1) is 12.2 Å². The number of hydrogen-bond donors (Lipinski definition) is 2. The highest BCUT2D eigenvalue weighted by Crippen LogP contribution is 2.20. The standard InChI is InChI=1S/C13H12FN3O3S/c1-9-8-20-13(16-9)17-21(18,19)12-5-4-11(14)7-10(12)3-2-6-15/h4-5,7-8H,6,15H2,1H3,(H,16,17). The molecule has 0 saturated carbocycles. The van der Waals surface area contributed by atoms with E-state index < -0.39 is 15.8 Å². The Labute approximate surface area is 121 Å². The first-order valence-corrected chi connectivity index (χ1v) is 7.34. The van der Waals surface area contributed by atoms with Crippen LogP contribution in [0.3, 0.4) is 0 Å². The maximum Gasteiger partial charge on any atom is 0.309 e. The maximum atomic E-state index is 13.2. The van der Waals surface area contributed by atoms with Gasteiger partial charge < -0.3 is 10.2 Å². The fourth-order valence-corrected chi connectivity index (χ4v) is 2.63. The Morgan fingerprint density at radius 2 is 2.24 bits per heavy atom. The summed E-state index contributed by atoms with van der Waals surface area (Å²) in [7, 11) is -3.99. The molecule has 21 heavy (non-hydrogen) atoms. The van der Waals surface area contributed by atoms with E-state index in [9.17, 15) is 12.8 Å². The molecule has 8 heteroatoms. The summed E-state index contributed by atoms with van der Waals surface area (Å²) in [6, 6.07) is 3.00. The number of oxazole rings is 1. The van der Waals surface area contributed by atoms with Crippen LogP contribution in [0.1, 0.15) is 11.3 Å². The molecule has 0 atom stereocenters. The van der Waals surface area contributed by atoms with Crippen molar-refractivity contribution in [2.45, 2.75) is 11.8 Å². The van der Waals surface area contributed by atoms with Gasteiger partial charge >= 0.3 is 6.01 Å². The highest BCUT2D eigenvalue weighted by atomic mass is 32.2. The van der Waals surface area contributed by atoms with Gasteiger partial charge in [-0.2, -0.15) is 4.98 Å². The van der Waals surface area contributed by atoms with E-state index in [1.165, 1.54) is 6.26 Å². The average molecular weight is 309 g/mol. The number of nitrogens with zero attached hydrogens (tertiary/aromatic N) is 1. The number of benzene rings is 1. The predicted octanol–water partition coefficient (Wildman–Crippen LogP) is 1.23. The molecule has 0 unspecified atom stereocenters. The van der Waals surface area contributed by atoms with Crippen molar-refractivity contribution < 1.29 is 17.2 Å². The van der Waals surface area contributed by atoms with E-state index in [4.69, 9.17) is 10.2 Å². The Balaban J connectivity index is 2.44. The molecule has 0 aliphatic heterocycles. The third kappa shape index (κ3) is 3.59. The van der Waals surface area contributed by atoms with Crippen molar-refractivity contribution in [1.29, 1.82) is 0 Å². The van der Waals surface area contributed by atoms with E-state index in [2.05, 4.69) is 21.5 Å². The van der Waals surface area contributed by atoms with Crippen LogP contribution in [0.2, 0.25) is 0 Å². The molecule has 6 nitrogen and oxygen atoms in total. The van der Waals surface area contributed by atoms with Crippen molar-refractivity contribution in [1.82, 2.24) is 4.98 Å². The summed E-state index contributed by atoms with van der Waals surface area (Å²) in [6.07, 6.45) is 1.30. The zero-order valence-corrected chi connectivity index (χ0v) is 11.9. The van der Waals surface area contributed by atoms with E-state index >= 15 is 0 Å². The third-order valence-corrected chi connectivity index (χ3v) is 3.78. The quantitative estimate of drug-likeness (QED) is 0.831. The molecular weight excluding hydrogens is 297 g/mol. The Hall–Kier alpha value is -2.37. The van der Waals surface area contributed by atoms with Crippen molar-refractivity contribution in [3.05, 3.63) is 41.5 Å². The van der Waals surface area contributed by atoms with Gasteiger partial charge in [-0.3, -0.25) is 0 Å². The first kappa shape index (κ1) is 15.0. The van der Waals surface area contributed by atoms with Gasteiger partial charge in [0, 0.05) is 5.56 Å². The van der Waals surface area contributed by atoms with Crippen LogP contribution in [0.25, 0.3) is 0 Å². The molecule has 110 valence electrons. The molecule has 0 radical (unpaired) electrons. The number of sulfonamides is 1. The highest BCUT2D eigenvalue weighted by Gasteiger charge is 2.20. The number of nitrogens with two attached hydrogens (primary N) is 1. The third-order valence-electron chi connectivity index (χ3n) is 2.40. The molecule has 2 aromatic rings. The van der Waals surface area contributed by atoms with Crippen LogP contribution in [0, 0.1) is 24.6 Å². The molecule has 0 spiro atoms. The number of anilines is 1. The number of aryl methyl sites for hydroxylation is 1. The summed E-state index contributed by atoms with van der Waals surface area (Å²) in [4.78, 5) is 3.66. The summed E-state index contributed by atoms with van der Waals surface area (Å²) in [5, 5.41) is 0. The van der Waals surface area contributed by atoms with E-state index in [-0.39, 0.29) is 23.0 Å². The van der Waals surface area contributed by atoms with Crippen molar-refractivity contribution in [2.75, 3.05) is 11.3 Å². The lowest BCUT2D eigenvalue weighted by Crippen LogP contribution is -2.15. The van der Waals surface area contributed by atoms with E-state index in [0.29, 0.717) is 5.69 Å². The molecular formula is C13H12FN3O3S. The number of nitrogens with one attached hydrogen (secondary N) is 1. The van der Waals surface area contributed by atoms with Crippen LogP contribution in [-0.4, -0.2) is 19.9 Å². The fraction of sp³-hybridized carbons (Fsp3) is 0.154. The molecule has 0 aliphatic rings. The van der Waals surface area contributed by atoms with Crippen LogP contribution in [0.15, 0.2) is 33.8 Å². The second-order valence-electron chi connectivity index (χ2n) is 4.05. The maximum absolute atomic E-state index is 13.2. The van der Waals surface area contributed by atoms with Crippen LogP contribution in [0.4, 0.5) is 10.4 Å². The molecule has 2 rings (SSSR count). The van der Waals surface area contributed by atoms with Crippen molar-refractivity contribution >= 4 is 16.0 Å². The number of aromatic nitrogens is 1. The zero-order chi connectivity index (χ0) is 15.5. The van der Waals surface area contributed by atoms with Crippen molar-refractivity contribution in [2.24, 2.45) is 5.73 Å². The van der Waals surface area contributed by atoms with Crippen molar-refractivity contribution in [3.8, 4) is 11.8 Å². The minimum absolute atomic E-state index is 0.0104. The Kier molecular flexibility index (Phi) is 4.26. The van der Waals surface area contributed by atoms with Crippen molar-refractivity contribution in [3.63, 3.8) is 0 Å². The normalized spacial score (nSPS) is 10.8. The van der Waals surface area contributed by atoms with Crippen LogP contribution < -0.4 is 10.5 Å². The zero-order valence-electron chi connectivity index (χ0n) is 11.1. The molecule has 0 bridgehead atoms. The van der Waals surface area contributed by atoms with E-state index in [1.807, 2.05) is 0 Å². The summed E-state index contributed by atoms with van der Waals surface area (Å²) >= 11 is 0. The first-order valence-electron chi connectivity index (χ1n) is 5.86. The lowest BCUT2D eigenvalue weighted by atomic mass is 10.2. The number of hydrogen-bond acceptors (Lipinski definition) is 5. The molecule has 0 saturated heterocycles. The van der Waals surface area contributed by atoms with E-state index in [1.54, 1.807) is 6.92 Å². The number of rotatable bonds is 3. The molecule has 0 fully saturated rings. The van der Waals surface area contributed by atoms with E-state index in [0.717, 1.165) is 18.2 Å². The summed E-state index contributed by atoms with van der Waals surface area (Å²) in [5.74, 6) is 4.42. The van der Waals surface area contributed by atoms with Crippen LogP contribution in [0.5, 0.6) is 0 Å². The van der Waals surface area contributed by atoms with Crippen LogP contribution >= 0.6 is 0 Å². The van der Waals surface area contributed by atoms with Gasteiger partial charge in [-0.05, 0) is 25.1 Å². The summed E-state index contributed by atoms with van der Waals surface area (Å²) in [5.41, 5.74) is 5.78.